The van der Waals surface area contributed by atoms with Gasteiger partial charge < -0.3 is 10.2 Å². The fourth-order valence-corrected chi connectivity index (χ4v) is 3.67. The molecule has 29 heavy (non-hydrogen) atoms. The Morgan fingerprint density at radius 3 is 2.76 bits per heavy atom. The van der Waals surface area contributed by atoms with E-state index in [4.69, 9.17) is 4.99 Å². The highest BCUT2D eigenvalue weighted by Gasteiger charge is 2.16. The largest absolute Gasteiger partial charge is 0.357 e. The molecule has 0 amide bonds. The van der Waals surface area contributed by atoms with Crippen LogP contribution < -0.4 is 11.0 Å². The Bertz CT molecular complexity index is 861. The van der Waals surface area contributed by atoms with Gasteiger partial charge in [0.05, 0.1) is 0 Å². The van der Waals surface area contributed by atoms with Crippen molar-refractivity contribution in [2.24, 2.45) is 4.99 Å². The molecule has 3 rings (SSSR count). The number of aliphatic imine (C=N–C) groups is 1. The van der Waals surface area contributed by atoms with Crippen molar-refractivity contribution in [3.05, 3.63) is 50.6 Å². The highest BCUT2D eigenvalue weighted by Crippen LogP contribution is 2.12. The number of fused-ring (bicyclic) bond motifs is 1. The molecule has 160 valence electrons. The number of hydrogen-bond donors (Lipinski definition) is 1. The van der Waals surface area contributed by atoms with Crippen LogP contribution >= 0.6 is 39.9 Å². The predicted molar refractivity (Wildman–Crippen MR) is 131 cm³/mol. The number of aromatic nitrogens is 3. The van der Waals surface area contributed by atoms with E-state index in [1.54, 1.807) is 4.68 Å². The summed E-state index contributed by atoms with van der Waals surface area (Å²) in [5.74, 6) is 1.81. The van der Waals surface area contributed by atoms with Crippen LogP contribution in [-0.4, -0.2) is 45.3 Å². The van der Waals surface area contributed by atoms with E-state index in [-0.39, 0.29) is 29.7 Å². The van der Waals surface area contributed by atoms with Crippen LogP contribution in [0.3, 0.4) is 0 Å². The molecule has 9 heteroatoms. The monoisotopic (exact) mass is 576 g/mol. The summed E-state index contributed by atoms with van der Waals surface area (Å²) < 4.78 is 4.51. The average molecular weight is 577 g/mol. The summed E-state index contributed by atoms with van der Waals surface area (Å²) in [7, 11) is 2.04. The highest BCUT2D eigenvalue weighted by molar-refractivity contribution is 14.0. The van der Waals surface area contributed by atoms with Gasteiger partial charge in [0.25, 0.3) is 0 Å². The van der Waals surface area contributed by atoms with Gasteiger partial charge in [-0.15, -0.1) is 24.0 Å². The first-order valence-electron chi connectivity index (χ1n) is 9.99. The second-order valence-corrected chi connectivity index (χ2v) is 8.02. The van der Waals surface area contributed by atoms with Crippen LogP contribution in [0.4, 0.5) is 0 Å². The molecule has 0 unspecified atom stereocenters. The molecule has 0 saturated carbocycles. The van der Waals surface area contributed by atoms with Crippen LogP contribution in [0.2, 0.25) is 0 Å². The summed E-state index contributed by atoms with van der Waals surface area (Å²) in [4.78, 5) is 19.2. The molecule has 0 saturated heterocycles. The second kappa shape index (κ2) is 11.7. The van der Waals surface area contributed by atoms with Gasteiger partial charge in [-0.2, -0.15) is 5.10 Å². The Hall–Kier alpha value is -1.36. The van der Waals surface area contributed by atoms with Crippen LogP contribution in [0.5, 0.6) is 0 Å². The third kappa shape index (κ3) is 6.56. The molecule has 0 radical (unpaired) electrons. The quantitative estimate of drug-likeness (QED) is 0.238. The first-order chi connectivity index (χ1) is 13.6. The van der Waals surface area contributed by atoms with Gasteiger partial charge in [-0.25, -0.2) is 9.48 Å². The minimum Gasteiger partial charge on any atom is -0.357 e. The van der Waals surface area contributed by atoms with Crippen LogP contribution in [0.1, 0.15) is 37.6 Å². The number of rotatable bonds is 7. The lowest BCUT2D eigenvalue weighted by Gasteiger charge is -2.22. The van der Waals surface area contributed by atoms with Gasteiger partial charge in [0.15, 0.2) is 5.96 Å². The first-order valence-corrected chi connectivity index (χ1v) is 10.8. The normalized spacial score (nSPS) is 13.6. The number of nitrogens with one attached hydrogen (secondary N) is 1. The molecular formula is C20H30BrIN6O. The molecule has 1 aliphatic rings. The Morgan fingerprint density at radius 2 is 2.07 bits per heavy atom. The van der Waals surface area contributed by atoms with Gasteiger partial charge in [0.1, 0.15) is 5.82 Å². The van der Waals surface area contributed by atoms with Gasteiger partial charge >= 0.3 is 5.69 Å². The van der Waals surface area contributed by atoms with Crippen molar-refractivity contribution < 1.29 is 0 Å². The zero-order valence-corrected chi connectivity index (χ0v) is 21.0. The fraction of sp³-hybridized carbons (Fsp3) is 0.550. The summed E-state index contributed by atoms with van der Waals surface area (Å²) in [6.45, 7) is 5.73. The number of guanidine groups is 1. The third-order valence-corrected chi connectivity index (χ3v) is 5.38. The number of benzene rings is 1. The Morgan fingerprint density at radius 1 is 1.31 bits per heavy atom. The summed E-state index contributed by atoms with van der Waals surface area (Å²) in [6, 6.07) is 8.32. The maximum Gasteiger partial charge on any atom is 0.345 e. The molecule has 1 aromatic carbocycles. The fourth-order valence-electron chi connectivity index (χ4n) is 3.41. The number of hydrogen-bond acceptors (Lipinski definition) is 3. The zero-order valence-electron chi connectivity index (χ0n) is 17.1. The molecular weight excluding hydrogens is 547 g/mol. The van der Waals surface area contributed by atoms with Crippen molar-refractivity contribution in [2.75, 3.05) is 20.1 Å². The maximum absolute atomic E-state index is 12.4. The van der Waals surface area contributed by atoms with Crippen LogP contribution in [0.15, 0.2) is 38.5 Å². The maximum atomic E-state index is 12.4. The van der Waals surface area contributed by atoms with E-state index < -0.39 is 0 Å². The molecule has 0 spiro atoms. The van der Waals surface area contributed by atoms with Crippen molar-refractivity contribution in [3.63, 3.8) is 0 Å². The van der Waals surface area contributed by atoms with Gasteiger partial charge in [-0.05, 0) is 43.9 Å². The number of nitrogens with zero attached hydrogens (tertiary/aromatic N) is 5. The number of aryl methyl sites for hydroxylation is 2. The zero-order chi connectivity index (χ0) is 19.9. The van der Waals surface area contributed by atoms with Crippen molar-refractivity contribution in [1.82, 2.24) is 24.6 Å². The lowest BCUT2D eigenvalue weighted by Crippen LogP contribution is -2.38. The smallest absolute Gasteiger partial charge is 0.345 e. The van der Waals surface area contributed by atoms with Crippen molar-refractivity contribution in [1.29, 1.82) is 0 Å². The van der Waals surface area contributed by atoms with Crippen LogP contribution in [0, 0.1) is 0 Å². The minimum absolute atomic E-state index is 0. The molecule has 0 bridgehead atoms. The van der Waals surface area contributed by atoms with Crippen molar-refractivity contribution in [2.45, 2.75) is 52.2 Å². The minimum atomic E-state index is 0. The molecule has 1 aromatic heterocycles. The van der Waals surface area contributed by atoms with Crippen LogP contribution in [0.25, 0.3) is 0 Å². The van der Waals surface area contributed by atoms with Crippen LogP contribution in [-0.2, 0) is 26.1 Å². The molecule has 2 heterocycles. The summed E-state index contributed by atoms with van der Waals surface area (Å²) in [5.41, 5.74) is 1.25. The van der Waals surface area contributed by atoms with E-state index in [1.165, 1.54) is 5.56 Å². The number of halogens is 2. The van der Waals surface area contributed by atoms with E-state index in [0.717, 1.165) is 61.6 Å². The molecule has 0 atom stereocenters. The van der Waals surface area contributed by atoms with Gasteiger partial charge in [0.2, 0.25) is 0 Å². The van der Waals surface area contributed by atoms with Gasteiger partial charge in [-0.3, -0.25) is 9.56 Å². The Kier molecular flexibility index (Phi) is 9.67. The molecule has 1 N–H and O–H groups in total. The standard InChI is InChI=1S/C20H29BrN6O.HI/c1-3-22-19(25(2)15-16-8-10-17(21)11-9-16)23-12-6-14-27-20(28)26-13-5-4-7-18(26)24-27;/h8-11H,3-7,12-15H2,1-2H3,(H,22,23);1H. The lowest BCUT2D eigenvalue weighted by atomic mass is 10.2. The highest BCUT2D eigenvalue weighted by atomic mass is 127. The summed E-state index contributed by atoms with van der Waals surface area (Å²) in [5, 5.41) is 7.83. The van der Waals surface area contributed by atoms with Crippen molar-refractivity contribution >= 4 is 45.9 Å². The van der Waals surface area contributed by atoms with E-state index in [9.17, 15) is 4.79 Å². The Balaban J connectivity index is 0.00000300. The van der Waals surface area contributed by atoms with E-state index in [0.29, 0.717) is 13.1 Å². The predicted octanol–water partition coefficient (Wildman–Crippen LogP) is 3.25. The summed E-state index contributed by atoms with van der Waals surface area (Å²) in [6.07, 6.45) is 3.89. The molecule has 7 nitrogen and oxygen atoms in total. The molecule has 0 aliphatic carbocycles. The third-order valence-electron chi connectivity index (χ3n) is 4.85. The Labute approximate surface area is 197 Å². The first kappa shape index (κ1) is 23.9. The van der Waals surface area contributed by atoms with E-state index in [1.807, 2.05) is 11.6 Å². The SMILES string of the molecule is CCNC(=NCCCn1nc2n(c1=O)CCCC2)N(C)Cc1ccc(Br)cc1.I. The van der Waals surface area contributed by atoms with E-state index in [2.05, 4.69) is 62.4 Å². The van der Waals surface area contributed by atoms with E-state index >= 15 is 0 Å². The van der Waals surface area contributed by atoms with Gasteiger partial charge in [0, 0.05) is 50.7 Å². The average Bonchev–Trinajstić information content (AvgIpc) is 3.02. The van der Waals surface area contributed by atoms with Crippen molar-refractivity contribution in [3.8, 4) is 0 Å². The molecule has 1 aliphatic heterocycles. The molecule has 2 aromatic rings. The second-order valence-electron chi connectivity index (χ2n) is 7.10. The lowest BCUT2D eigenvalue weighted by molar-refractivity contribution is 0.474. The molecule has 0 fully saturated rings. The topological polar surface area (TPSA) is 67.5 Å². The van der Waals surface area contributed by atoms with Gasteiger partial charge in [-0.1, -0.05) is 28.1 Å². The summed E-state index contributed by atoms with van der Waals surface area (Å²) >= 11 is 3.47.